The molecule has 1 saturated heterocycles. The first kappa shape index (κ1) is 26.4. The van der Waals surface area contributed by atoms with Crippen LogP contribution in [0.25, 0.3) is 22.0 Å². The molecule has 208 valence electrons. The van der Waals surface area contributed by atoms with Gasteiger partial charge >= 0.3 is 0 Å². The summed E-state index contributed by atoms with van der Waals surface area (Å²) in [5.74, 6) is 1.64. The van der Waals surface area contributed by atoms with Crippen LogP contribution in [0.4, 0.5) is 4.39 Å². The standard InChI is InChI=1S/C33H36FN3O3/c1-3-39-30-17-21(18-31(40-4-2)32(30)22-9-11-24(34)12-10-22)20-37-16-15-25-27(13-14-29(25)37)36-33(38)28-19-23-7-5-6-8-26(23)35-28/h5-12,17-19,25,27,29,35H,3-4,13-16,20H2,1-2H3,(H,36,38)/t25-,27?,29+/m0/s1. The van der Waals surface area contributed by atoms with E-state index in [0.717, 1.165) is 71.4 Å². The van der Waals surface area contributed by atoms with Gasteiger partial charge in [0.15, 0.2) is 0 Å². The van der Waals surface area contributed by atoms with Crippen molar-refractivity contribution in [2.24, 2.45) is 5.92 Å². The van der Waals surface area contributed by atoms with Crippen LogP contribution in [0.3, 0.4) is 0 Å². The first-order valence-corrected chi connectivity index (χ1v) is 14.3. The first-order chi connectivity index (χ1) is 19.5. The van der Waals surface area contributed by atoms with Gasteiger partial charge in [-0.05, 0) is 93.1 Å². The van der Waals surface area contributed by atoms with Crippen LogP contribution in [0.1, 0.15) is 49.2 Å². The lowest BCUT2D eigenvalue weighted by molar-refractivity contribution is 0.0922. The number of aromatic nitrogens is 1. The van der Waals surface area contributed by atoms with Gasteiger partial charge in [0.2, 0.25) is 0 Å². The molecule has 3 aromatic carbocycles. The molecule has 6 rings (SSSR count). The molecule has 6 nitrogen and oxygen atoms in total. The van der Waals surface area contributed by atoms with E-state index in [9.17, 15) is 9.18 Å². The Morgan fingerprint density at radius 3 is 2.40 bits per heavy atom. The zero-order valence-corrected chi connectivity index (χ0v) is 23.1. The number of aromatic amines is 1. The number of hydrogen-bond acceptors (Lipinski definition) is 4. The van der Waals surface area contributed by atoms with Gasteiger partial charge in [0.05, 0.1) is 18.8 Å². The molecule has 40 heavy (non-hydrogen) atoms. The Balaban J connectivity index is 1.18. The van der Waals surface area contributed by atoms with Crippen molar-refractivity contribution in [2.45, 2.75) is 51.7 Å². The van der Waals surface area contributed by atoms with E-state index in [1.807, 2.05) is 44.2 Å². The van der Waals surface area contributed by atoms with E-state index < -0.39 is 0 Å². The second kappa shape index (κ2) is 11.3. The molecule has 2 fully saturated rings. The number of nitrogens with zero attached hydrogens (tertiary/aromatic N) is 1. The third-order valence-corrected chi connectivity index (χ3v) is 8.34. The number of halogens is 1. The van der Waals surface area contributed by atoms with Crippen molar-refractivity contribution < 1.29 is 18.7 Å². The van der Waals surface area contributed by atoms with Crippen LogP contribution in [-0.2, 0) is 6.54 Å². The molecule has 3 atom stereocenters. The lowest BCUT2D eigenvalue weighted by Crippen LogP contribution is -2.39. The molecule has 1 aliphatic carbocycles. The molecule has 1 aliphatic heterocycles. The van der Waals surface area contributed by atoms with Crippen molar-refractivity contribution in [1.29, 1.82) is 0 Å². The number of H-pyrrole nitrogens is 1. The number of fused-ring (bicyclic) bond motifs is 2. The number of nitrogens with one attached hydrogen (secondary N) is 2. The SMILES string of the molecule is CCOc1cc(CN2CC[C@H]3C(NC(=O)c4cc5ccccc5[nH]4)CC[C@H]32)cc(OCC)c1-c1ccc(F)cc1. The Bertz CT molecular complexity index is 1440. The minimum absolute atomic E-state index is 0.0283. The van der Waals surface area contributed by atoms with Crippen LogP contribution in [0.5, 0.6) is 11.5 Å². The summed E-state index contributed by atoms with van der Waals surface area (Å²) in [5, 5.41) is 4.38. The number of hydrogen-bond donors (Lipinski definition) is 2. The summed E-state index contributed by atoms with van der Waals surface area (Å²) in [6.07, 6.45) is 3.11. The fourth-order valence-electron chi connectivity index (χ4n) is 6.60. The minimum atomic E-state index is -0.271. The zero-order valence-electron chi connectivity index (χ0n) is 23.1. The van der Waals surface area contributed by atoms with Gasteiger partial charge in [-0.2, -0.15) is 0 Å². The average Bonchev–Trinajstić information content (AvgIpc) is 3.67. The summed E-state index contributed by atoms with van der Waals surface area (Å²) in [7, 11) is 0. The number of para-hydroxylation sites is 1. The summed E-state index contributed by atoms with van der Waals surface area (Å²) in [5.41, 5.74) is 4.45. The highest BCUT2D eigenvalue weighted by Crippen LogP contribution is 2.43. The molecule has 0 spiro atoms. The zero-order chi connectivity index (χ0) is 27.6. The number of rotatable bonds is 9. The molecule has 2 N–H and O–H groups in total. The number of benzene rings is 3. The second-order valence-corrected chi connectivity index (χ2v) is 10.8. The molecule has 0 bridgehead atoms. The van der Waals surface area contributed by atoms with Crippen LogP contribution in [-0.4, -0.2) is 47.6 Å². The highest BCUT2D eigenvalue weighted by Gasteiger charge is 2.44. The number of amides is 1. The Kier molecular flexibility index (Phi) is 7.48. The van der Waals surface area contributed by atoms with Crippen LogP contribution in [0.2, 0.25) is 0 Å². The molecule has 1 amide bonds. The third-order valence-electron chi connectivity index (χ3n) is 8.34. The first-order valence-electron chi connectivity index (χ1n) is 14.3. The summed E-state index contributed by atoms with van der Waals surface area (Å²) in [6, 6.07) is 21.2. The third kappa shape index (κ3) is 5.18. The normalized spacial score (nSPS) is 20.5. The molecule has 0 radical (unpaired) electrons. The molecular weight excluding hydrogens is 505 g/mol. The Morgan fingerprint density at radius 2 is 1.70 bits per heavy atom. The molecule has 7 heteroatoms. The van der Waals surface area contributed by atoms with Gasteiger partial charge in [-0.1, -0.05) is 30.3 Å². The maximum Gasteiger partial charge on any atom is 0.267 e. The molecule has 2 aliphatic rings. The molecular formula is C33H36FN3O3. The van der Waals surface area contributed by atoms with Gasteiger partial charge in [-0.15, -0.1) is 0 Å². The smallest absolute Gasteiger partial charge is 0.267 e. The van der Waals surface area contributed by atoms with E-state index in [0.29, 0.717) is 30.9 Å². The van der Waals surface area contributed by atoms with Crippen LogP contribution >= 0.6 is 0 Å². The second-order valence-electron chi connectivity index (χ2n) is 10.8. The Hall–Kier alpha value is -3.84. The van der Waals surface area contributed by atoms with Crippen molar-refractivity contribution in [1.82, 2.24) is 15.2 Å². The van der Waals surface area contributed by atoms with Gasteiger partial charge < -0.3 is 19.8 Å². The average molecular weight is 542 g/mol. The highest BCUT2D eigenvalue weighted by atomic mass is 19.1. The predicted molar refractivity (Wildman–Crippen MR) is 155 cm³/mol. The fraction of sp³-hybridized carbons (Fsp3) is 0.364. The van der Waals surface area contributed by atoms with Gasteiger partial charge in [0, 0.05) is 29.5 Å². The van der Waals surface area contributed by atoms with Crippen molar-refractivity contribution in [3.63, 3.8) is 0 Å². The van der Waals surface area contributed by atoms with Crippen molar-refractivity contribution in [3.05, 3.63) is 83.8 Å². The Morgan fingerprint density at radius 1 is 0.975 bits per heavy atom. The molecule has 1 saturated carbocycles. The highest BCUT2D eigenvalue weighted by molar-refractivity contribution is 5.98. The monoisotopic (exact) mass is 541 g/mol. The van der Waals surface area contributed by atoms with Crippen LogP contribution in [0, 0.1) is 11.7 Å². The molecule has 1 unspecified atom stereocenters. The van der Waals surface area contributed by atoms with Crippen LogP contribution < -0.4 is 14.8 Å². The summed E-state index contributed by atoms with van der Waals surface area (Å²) in [6.45, 7) is 6.75. The van der Waals surface area contributed by atoms with Gasteiger partial charge in [0.25, 0.3) is 5.91 Å². The molecule has 4 aromatic rings. The van der Waals surface area contributed by atoms with Crippen molar-refractivity contribution >= 4 is 16.8 Å². The Labute approximate surface area is 234 Å². The maximum atomic E-state index is 13.6. The van der Waals surface area contributed by atoms with Gasteiger partial charge in [-0.25, -0.2) is 4.39 Å². The van der Waals surface area contributed by atoms with E-state index in [2.05, 4.69) is 27.3 Å². The number of ether oxygens (including phenoxy) is 2. The molecule has 1 aromatic heterocycles. The predicted octanol–water partition coefficient (Wildman–Crippen LogP) is 6.55. The van der Waals surface area contributed by atoms with E-state index in [1.54, 1.807) is 12.1 Å². The van der Waals surface area contributed by atoms with Gasteiger partial charge in [0.1, 0.15) is 23.0 Å². The fourth-order valence-corrected chi connectivity index (χ4v) is 6.60. The summed E-state index contributed by atoms with van der Waals surface area (Å²) in [4.78, 5) is 18.9. The van der Waals surface area contributed by atoms with Gasteiger partial charge in [-0.3, -0.25) is 9.69 Å². The molecule has 2 heterocycles. The van der Waals surface area contributed by atoms with Crippen LogP contribution in [0.15, 0.2) is 66.7 Å². The maximum absolute atomic E-state index is 13.6. The lowest BCUT2D eigenvalue weighted by atomic mass is 9.99. The topological polar surface area (TPSA) is 66.6 Å². The number of likely N-dealkylation sites (tertiary alicyclic amines) is 1. The van der Waals surface area contributed by atoms with Crippen molar-refractivity contribution in [3.8, 4) is 22.6 Å². The summed E-state index contributed by atoms with van der Waals surface area (Å²) >= 11 is 0. The summed E-state index contributed by atoms with van der Waals surface area (Å²) < 4.78 is 25.8. The van der Waals surface area contributed by atoms with E-state index >= 15 is 0 Å². The van der Waals surface area contributed by atoms with E-state index in [1.165, 1.54) is 12.1 Å². The number of carbonyl (C=O) groups is 1. The number of carbonyl (C=O) groups excluding carboxylic acids is 1. The minimum Gasteiger partial charge on any atom is -0.493 e. The van der Waals surface area contributed by atoms with E-state index in [-0.39, 0.29) is 17.8 Å². The van der Waals surface area contributed by atoms with Crippen molar-refractivity contribution in [2.75, 3.05) is 19.8 Å². The lowest BCUT2D eigenvalue weighted by Gasteiger charge is -2.26. The largest absolute Gasteiger partial charge is 0.493 e. The quantitative estimate of drug-likeness (QED) is 0.252. The van der Waals surface area contributed by atoms with E-state index in [4.69, 9.17) is 9.47 Å².